The molecular weight excluding hydrogens is 319 g/mol. The lowest BCUT2D eigenvalue weighted by molar-refractivity contribution is -0.143. The maximum absolute atomic E-state index is 12.2. The van der Waals surface area contributed by atoms with Gasteiger partial charge in [-0.15, -0.1) is 0 Å². The molecule has 1 rings (SSSR count). The van der Waals surface area contributed by atoms with Crippen molar-refractivity contribution in [1.29, 1.82) is 0 Å². The fraction of sp³-hybridized carbons (Fsp3) is 0.556. The van der Waals surface area contributed by atoms with E-state index in [0.29, 0.717) is 23.5 Å². The minimum Gasteiger partial charge on any atom is -0.383 e. The first-order valence-electron chi connectivity index (χ1n) is 4.90. The summed E-state index contributed by atoms with van der Waals surface area (Å²) in [5, 5.41) is 6.27. The SMILES string of the molecule is COCCNc1cnn(CC(F)(F)F)c(=O)c1Br. The zero-order chi connectivity index (χ0) is 13.8. The zero-order valence-corrected chi connectivity index (χ0v) is 11.0. The lowest BCUT2D eigenvalue weighted by atomic mass is 10.4. The molecule has 0 atom stereocenters. The molecule has 0 aliphatic heterocycles. The van der Waals surface area contributed by atoms with Crippen LogP contribution in [0.2, 0.25) is 0 Å². The summed E-state index contributed by atoms with van der Waals surface area (Å²) in [5.41, 5.74) is -0.509. The fourth-order valence-electron chi connectivity index (χ4n) is 1.16. The first kappa shape index (κ1) is 15.0. The minimum absolute atomic E-state index is 0.0119. The normalized spacial score (nSPS) is 11.6. The van der Waals surface area contributed by atoms with E-state index in [9.17, 15) is 18.0 Å². The maximum atomic E-state index is 12.2. The van der Waals surface area contributed by atoms with Crippen LogP contribution >= 0.6 is 15.9 Å². The third-order valence-electron chi connectivity index (χ3n) is 1.94. The Morgan fingerprint density at radius 1 is 1.56 bits per heavy atom. The standard InChI is InChI=1S/C9H11BrF3N3O2/c1-18-3-2-14-6-4-15-16(5-9(11,12)13)8(17)7(6)10/h4,14H,2-3,5H2,1H3. The highest BCUT2D eigenvalue weighted by Crippen LogP contribution is 2.19. The van der Waals surface area contributed by atoms with E-state index in [1.54, 1.807) is 0 Å². The topological polar surface area (TPSA) is 56.1 Å². The van der Waals surface area contributed by atoms with E-state index < -0.39 is 18.3 Å². The molecule has 0 spiro atoms. The third-order valence-corrected chi connectivity index (χ3v) is 2.70. The average Bonchev–Trinajstić information content (AvgIpc) is 2.27. The van der Waals surface area contributed by atoms with Crippen LogP contribution in [0.3, 0.4) is 0 Å². The molecule has 102 valence electrons. The van der Waals surface area contributed by atoms with Crippen molar-refractivity contribution in [1.82, 2.24) is 9.78 Å². The summed E-state index contributed by atoms with van der Waals surface area (Å²) < 4.78 is 41.6. The van der Waals surface area contributed by atoms with Crippen LogP contribution in [0, 0.1) is 0 Å². The summed E-state index contributed by atoms with van der Waals surface area (Å²) in [7, 11) is 1.51. The van der Waals surface area contributed by atoms with E-state index >= 15 is 0 Å². The molecule has 1 aromatic heterocycles. The lowest BCUT2D eigenvalue weighted by Gasteiger charge is -2.11. The van der Waals surface area contributed by atoms with Gasteiger partial charge in [0.15, 0.2) is 0 Å². The molecule has 5 nitrogen and oxygen atoms in total. The van der Waals surface area contributed by atoms with Crippen LogP contribution in [0.15, 0.2) is 15.5 Å². The quantitative estimate of drug-likeness (QED) is 0.834. The van der Waals surface area contributed by atoms with Crippen molar-refractivity contribution in [3.8, 4) is 0 Å². The van der Waals surface area contributed by atoms with Gasteiger partial charge >= 0.3 is 6.18 Å². The van der Waals surface area contributed by atoms with Gasteiger partial charge < -0.3 is 10.1 Å². The van der Waals surface area contributed by atoms with Crippen molar-refractivity contribution in [3.63, 3.8) is 0 Å². The van der Waals surface area contributed by atoms with E-state index in [1.807, 2.05) is 0 Å². The Balaban J connectivity index is 2.88. The van der Waals surface area contributed by atoms with Crippen LogP contribution < -0.4 is 10.9 Å². The summed E-state index contributed by atoms with van der Waals surface area (Å²) in [6, 6.07) is 0. The Labute approximate surface area is 109 Å². The molecule has 0 saturated carbocycles. The number of anilines is 1. The molecule has 0 aliphatic carbocycles. The molecule has 0 saturated heterocycles. The zero-order valence-electron chi connectivity index (χ0n) is 9.42. The van der Waals surface area contributed by atoms with Gasteiger partial charge in [-0.3, -0.25) is 4.79 Å². The Kier molecular flexibility index (Phi) is 5.15. The fourth-order valence-corrected chi connectivity index (χ4v) is 1.61. The molecule has 0 aromatic carbocycles. The van der Waals surface area contributed by atoms with Gasteiger partial charge in [-0.1, -0.05) is 0 Å². The first-order valence-corrected chi connectivity index (χ1v) is 5.69. The van der Waals surface area contributed by atoms with Crippen LogP contribution in [-0.2, 0) is 11.3 Å². The highest BCUT2D eigenvalue weighted by atomic mass is 79.9. The average molecular weight is 330 g/mol. The molecule has 0 radical (unpaired) electrons. The van der Waals surface area contributed by atoms with E-state index in [1.165, 1.54) is 7.11 Å². The molecule has 0 fully saturated rings. The van der Waals surface area contributed by atoms with E-state index in [0.717, 1.165) is 6.20 Å². The summed E-state index contributed by atoms with van der Waals surface area (Å²) >= 11 is 2.95. The number of halogens is 4. The molecule has 9 heteroatoms. The van der Waals surface area contributed by atoms with Gasteiger partial charge in [-0.05, 0) is 15.9 Å². The Hall–Kier alpha value is -1.09. The summed E-state index contributed by atoms with van der Waals surface area (Å²) in [6.07, 6.45) is -3.33. The van der Waals surface area contributed by atoms with E-state index in [-0.39, 0.29) is 4.47 Å². The summed E-state index contributed by atoms with van der Waals surface area (Å²) in [4.78, 5) is 11.6. The van der Waals surface area contributed by atoms with Gasteiger partial charge in [0.2, 0.25) is 0 Å². The van der Waals surface area contributed by atoms with E-state index in [4.69, 9.17) is 4.74 Å². The predicted molar refractivity (Wildman–Crippen MR) is 62.6 cm³/mol. The predicted octanol–water partition coefficient (Wildman–Crippen LogP) is 1.63. The van der Waals surface area contributed by atoms with Crippen LogP contribution in [0.5, 0.6) is 0 Å². The first-order chi connectivity index (χ1) is 8.35. The second-order valence-electron chi connectivity index (χ2n) is 3.37. The second-order valence-corrected chi connectivity index (χ2v) is 4.16. The van der Waals surface area contributed by atoms with Crippen molar-refractivity contribution in [2.75, 3.05) is 25.6 Å². The van der Waals surface area contributed by atoms with Gasteiger partial charge in [0.25, 0.3) is 5.56 Å². The molecule has 1 N–H and O–H groups in total. The van der Waals surface area contributed by atoms with Crippen LogP contribution in [0.25, 0.3) is 0 Å². The number of nitrogens with zero attached hydrogens (tertiary/aromatic N) is 2. The Morgan fingerprint density at radius 3 is 2.78 bits per heavy atom. The number of aromatic nitrogens is 2. The molecule has 1 heterocycles. The lowest BCUT2D eigenvalue weighted by Crippen LogP contribution is -2.31. The highest BCUT2D eigenvalue weighted by Gasteiger charge is 2.29. The summed E-state index contributed by atoms with van der Waals surface area (Å²) in [6.45, 7) is -0.597. The molecule has 18 heavy (non-hydrogen) atoms. The van der Waals surface area contributed by atoms with Crippen LogP contribution in [0.4, 0.5) is 18.9 Å². The van der Waals surface area contributed by atoms with Crippen molar-refractivity contribution >= 4 is 21.6 Å². The molecule has 0 unspecified atom stereocenters. The van der Waals surface area contributed by atoms with Crippen molar-refractivity contribution in [3.05, 3.63) is 21.0 Å². The van der Waals surface area contributed by atoms with Crippen LogP contribution in [-0.4, -0.2) is 36.2 Å². The highest BCUT2D eigenvalue weighted by molar-refractivity contribution is 9.10. The molecule has 0 bridgehead atoms. The number of methoxy groups -OCH3 is 1. The van der Waals surface area contributed by atoms with Crippen molar-refractivity contribution in [2.45, 2.75) is 12.7 Å². The van der Waals surface area contributed by atoms with Gasteiger partial charge in [-0.2, -0.15) is 18.3 Å². The second kappa shape index (κ2) is 6.19. The van der Waals surface area contributed by atoms with Gasteiger partial charge in [0.1, 0.15) is 11.0 Å². The Bertz CT molecular complexity index is 461. The van der Waals surface area contributed by atoms with Gasteiger partial charge in [-0.25, -0.2) is 4.68 Å². The van der Waals surface area contributed by atoms with Gasteiger partial charge in [0.05, 0.1) is 18.5 Å². The van der Waals surface area contributed by atoms with Gasteiger partial charge in [0, 0.05) is 13.7 Å². The third kappa shape index (κ3) is 4.30. The van der Waals surface area contributed by atoms with E-state index in [2.05, 4.69) is 26.3 Å². The number of hydrogen-bond acceptors (Lipinski definition) is 4. The maximum Gasteiger partial charge on any atom is 0.408 e. The summed E-state index contributed by atoms with van der Waals surface area (Å²) in [5.74, 6) is 0. The number of alkyl halides is 3. The van der Waals surface area contributed by atoms with Crippen LogP contribution in [0.1, 0.15) is 0 Å². The Morgan fingerprint density at radius 2 is 2.22 bits per heavy atom. The van der Waals surface area contributed by atoms with Crippen molar-refractivity contribution in [2.24, 2.45) is 0 Å². The monoisotopic (exact) mass is 329 g/mol. The smallest absolute Gasteiger partial charge is 0.383 e. The largest absolute Gasteiger partial charge is 0.408 e. The molecule has 0 amide bonds. The molecular formula is C9H11BrF3N3O2. The minimum atomic E-state index is -4.48. The number of rotatable bonds is 5. The molecule has 0 aliphatic rings. The number of nitrogens with one attached hydrogen (secondary N) is 1. The number of ether oxygens (including phenoxy) is 1. The van der Waals surface area contributed by atoms with Crippen molar-refractivity contribution < 1.29 is 17.9 Å². The number of hydrogen-bond donors (Lipinski definition) is 1. The molecule has 1 aromatic rings.